The Morgan fingerprint density at radius 2 is 2.21 bits per heavy atom. The topological polar surface area (TPSA) is 46.5 Å². The SMILES string of the molecule is CCC=CCC(O)CCCC(=O)OC. The van der Waals surface area contributed by atoms with E-state index in [0.29, 0.717) is 25.7 Å². The summed E-state index contributed by atoms with van der Waals surface area (Å²) in [5, 5.41) is 9.46. The Morgan fingerprint density at radius 1 is 1.50 bits per heavy atom. The van der Waals surface area contributed by atoms with Crippen molar-refractivity contribution in [2.24, 2.45) is 0 Å². The molecule has 0 fully saturated rings. The van der Waals surface area contributed by atoms with Crippen molar-refractivity contribution >= 4 is 5.97 Å². The van der Waals surface area contributed by atoms with Gasteiger partial charge in [-0.1, -0.05) is 19.1 Å². The van der Waals surface area contributed by atoms with E-state index in [1.807, 2.05) is 12.2 Å². The fraction of sp³-hybridized carbons (Fsp3) is 0.727. The first kappa shape index (κ1) is 13.2. The number of ether oxygens (including phenoxy) is 1. The van der Waals surface area contributed by atoms with E-state index in [1.165, 1.54) is 7.11 Å². The maximum absolute atomic E-state index is 10.7. The first-order valence-corrected chi connectivity index (χ1v) is 5.10. The highest BCUT2D eigenvalue weighted by atomic mass is 16.5. The van der Waals surface area contributed by atoms with Crippen LogP contribution in [0.3, 0.4) is 0 Å². The Hall–Kier alpha value is -0.830. The highest BCUT2D eigenvalue weighted by Crippen LogP contribution is 2.06. The number of aliphatic hydroxyl groups excluding tert-OH is 1. The second-order valence-electron chi connectivity index (χ2n) is 3.24. The molecule has 0 saturated heterocycles. The van der Waals surface area contributed by atoms with Gasteiger partial charge in [-0.3, -0.25) is 4.79 Å². The van der Waals surface area contributed by atoms with Gasteiger partial charge in [0.25, 0.3) is 0 Å². The summed E-state index contributed by atoms with van der Waals surface area (Å²) in [5.74, 6) is -0.207. The summed E-state index contributed by atoms with van der Waals surface area (Å²) >= 11 is 0. The molecule has 3 nitrogen and oxygen atoms in total. The van der Waals surface area contributed by atoms with Gasteiger partial charge in [-0.25, -0.2) is 0 Å². The molecule has 0 aliphatic heterocycles. The quantitative estimate of drug-likeness (QED) is 0.505. The second-order valence-corrected chi connectivity index (χ2v) is 3.24. The van der Waals surface area contributed by atoms with Gasteiger partial charge in [-0.15, -0.1) is 0 Å². The van der Waals surface area contributed by atoms with Crippen molar-refractivity contribution in [3.63, 3.8) is 0 Å². The number of allylic oxidation sites excluding steroid dienone is 1. The molecule has 1 atom stereocenters. The van der Waals surface area contributed by atoms with Gasteiger partial charge < -0.3 is 9.84 Å². The molecule has 0 aromatic carbocycles. The molecule has 0 aromatic rings. The van der Waals surface area contributed by atoms with Crippen molar-refractivity contribution in [2.45, 2.75) is 45.1 Å². The molecule has 0 radical (unpaired) electrons. The minimum Gasteiger partial charge on any atom is -0.469 e. The summed E-state index contributed by atoms with van der Waals surface area (Å²) in [6.07, 6.45) is 7.08. The summed E-state index contributed by atoms with van der Waals surface area (Å²) in [6, 6.07) is 0. The van der Waals surface area contributed by atoms with E-state index in [1.54, 1.807) is 0 Å². The van der Waals surface area contributed by atoms with Gasteiger partial charge in [-0.2, -0.15) is 0 Å². The molecule has 1 N–H and O–H groups in total. The van der Waals surface area contributed by atoms with Gasteiger partial charge in [0.1, 0.15) is 0 Å². The second kappa shape index (κ2) is 8.75. The predicted octanol–water partition coefficient (Wildman–Crippen LogP) is 2.05. The van der Waals surface area contributed by atoms with E-state index < -0.39 is 0 Å². The van der Waals surface area contributed by atoms with Gasteiger partial charge in [0, 0.05) is 6.42 Å². The molecule has 0 aromatic heterocycles. The Labute approximate surface area is 85.8 Å². The number of methoxy groups -OCH3 is 1. The van der Waals surface area contributed by atoms with Gasteiger partial charge in [-0.05, 0) is 25.7 Å². The average Bonchev–Trinajstić information content (AvgIpc) is 2.18. The number of carbonyl (C=O) groups excluding carboxylic acids is 1. The fourth-order valence-electron chi connectivity index (χ4n) is 1.12. The van der Waals surface area contributed by atoms with Crippen molar-refractivity contribution in [3.8, 4) is 0 Å². The van der Waals surface area contributed by atoms with Crippen LogP contribution in [0.5, 0.6) is 0 Å². The van der Waals surface area contributed by atoms with Crippen molar-refractivity contribution in [3.05, 3.63) is 12.2 Å². The number of esters is 1. The third-order valence-electron chi connectivity index (χ3n) is 1.96. The fourth-order valence-corrected chi connectivity index (χ4v) is 1.12. The molecular formula is C11H20O3. The van der Waals surface area contributed by atoms with Gasteiger partial charge >= 0.3 is 5.97 Å². The summed E-state index contributed by atoms with van der Waals surface area (Å²) in [7, 11) is 1.38. The van der Waals surface area contributed by atoms with Crippen LogP contribution in [0.25, 0.3) is 0 Å². The zero-order valence-electron chi connectivity index (χ0n) is 9.03. The van der Waals surface area contributed by atoms with E-state index in [-0.39, 0.29) is 12.1 Å². The zero-order chi connectivity index (χ0) is 10.8. The molecule has 3 heteroatoms. The van der Waals surface area contributed by atoms with Crippen LogP contribution in [0.2, 0.25) is 0 Å². The number of hydrogen-bond donors (Lipinski definition) is 1. The lowest BCUT2D eigenvalue weighted by molar-refractivity contribution is -0.140. The monoisotopic (exact) mass is 200 g/mol. The number of rotatable bonds is 7. The van der Waals surface area contributed by atoms with Crippen molar-refractivity contribution in [1.29, 1.82) is 0 Å². The minimum absolute atomic E-state index is 0.207. The van der Waals surface area contributed by atoms with Gasteiger partial charge in [0.15, 0.2) is 0 Å². The van der Waals surface area contributed by atoms with Crippen molar-refractivity contribution in [2.75, 3.05) is 7.11 Å². The van der Waals surface area contributed by atoms with Gasteiger partial charge in [0.2, 0.25) is 0 Å². The molecule has 14 heavy (non-hydrogen) atoms. The van der Waals surface area contributed by atoms with Crippen LogP contribution in [0.1, 0.15) is 39.0 Å². The number of aliphatic hydroxyl groups is 1. The third-order valence-corrected chi connectivity index (χ3v) is 1.96. The average molecular weight is 200 g/mol. The predicted molar refractivity (Wildman–Crippen MR) is 55.9 cm³/mol. The number of hydrogen-bond acceptors (Lipinski definition) is 3. The largest absolute Gasteiger partial charge is 0.469 e. The summed E-state index contributed by atoms with van der Waals surface area (Å²) < 4.78 is 4.50. The molecule has 0 rings (SSSR count). The Morgan fingerprint density at radius 3 is 2.79 bits per heavy atom. The summed E-state index contributed by atoms with van der Waals surface area (Å²) in [5.41, 5.74) is 0. The first-order chi connectivity index (χ1) is 6.70. The van der Waals surface area contributed by atoms with E-state index >= 15 is 0 Å². The van der Waals surface area contributed by atoms with E-state index in [9.17, 15) is 9.90 Å². The maximum atomic E-state index is 10.7. The molecule has 0 amide bonds. The minimum atomic E-state index is -0.331. The van der Waals surface area contributed by atoms with Crippen LogP contribution in [0, 0.1) is 0 Å². The first-order valence-electron chi connectivity index (χ1n) is 5.10. The molecular weight excluding hydrogens is 180 g/mol. The molecule has 82 valence electrons. The maximum Gasteiger partial charge on any atom is 0.305 e. The molecule has 0 aliphatic carbocycles. The molecule has 1 unspecified atom stereocenters. The van der Waals surface area contributed by atoms with Crippen LogP contribution < -0.4 is 0 Å². The van der Waals surface area contributed by atoms with Crippen LogP contribution in [0.4, 0.5) is 0 Å². The molecule has 0 heterocycles. The molecule has 0 spiro atoms. The van der Waals surface area contributed by atoms with Crippen molar-refractivity contribution < 1.29 is 14.6 Å². The summed E-state index contributed by atoms with van der Waals surface area (Å²) in [6.45, 7) is 2.06. The zero-order valence-corrected chi connectivity index (χ0v) is 9.03. The lowest BCUT2D eigenvalue weighted by Gasteiger charge is -2.06. The Kier molecular flexibility index (Phi) is 8.24. The number of carbonyl (C=O) groups is 1. The Balaban J connectivity index is 3.39. The van der Waals surface area contributed by atoms with Crippen LogP contribution in [-0.2, 0) is 9.53 Å². The lowest BCUT2D eigenvalue weighted by atomic mass is 10.1. The highest BCUT2D eigenvalue weighted by Gasteiger charge is 2.04. The molecule has 0 bridgehead atoms. The smallest absolute Gasteiger partial charge is 0.305 e. The third kappa shape index (κ3) is 7.80. The lowest BCUT2D eigenvalue weighted by Crippen LogP contribution is -2.07. The molecule has 0 saturated carbocycles. The van der Waals surface area contributed by atoms with Gasteiger partial charge in [0.05, 0.1) is 13.2 Å². The van der Waals surface area contributed by atoms with Crippen LogP contribution in [-0.4, -0.2) is 24.3 Å². The summed E-state index contributed by atoms with van der Waals surface area (Å²) in [4.78, 5) is 10.7. The van der Waals surface area contributed by atoms with E-state index in [0.717, 1.165) is 6.42 Å². The molecule has 0 aliphatic rings. The van der Waals surface area contributed by atoms with Crippen LogP contribution in [0.15, 0.2) is 12.2 Å². The van der Waals surface area contributed by atoms with E-state index in [4.69, 9.17) is 0 Å². The standard InChI is InChI=1S/C11H20O3/c1-3-4-5-7-10(12)8-6-9-11(13)14-2/h4-5,10,12H,3,6-9H2,1-2H3. The van der Waals surface area contributed by atoms with Crippen molar-refractivity contribution in [1.82, 2.24) is 0 Å². The normalized spacial score (nSPS) is 13.1. The van der Waals surface area contributed by atoms with Crippen LogP contribution >= 0.6 is 0 Å². The van der Waals surface area contributed by atoms with E-state index in [2.05, 4.69) is 11.7 Å². The highest BCUT2D eigenvalue weighted by molar-refractivity contribution is 5.68. The Bertz CT molecular complexity index is 175.